The van der Waals surface area contributed by atoms with Crippen LogP contribution in [0, 0.1) is 5.82 Å². The van der Waals surface area contributed by atoms with Crippen molar-refractivity contribution in [3.8, 4) is 23.0 Å². The molecule has 1 amide bonds. The van der Waals surface area contributed by atoms with E-state index < -0.39 is 23.2 Å². The van der Waals surface area contributed by atoms with Crippen molar-refractivity contribution in [1.82, 2.24) is 4.90 Å². The van der Waals surface area contributed by atoms with Crippen LogP contribution in [0.3, 0.4) is 0 Å². The molecule has 0 unspecified atom stereocenters. The molecule has 0 spiro atoms. The van der Waals surface area contributed by atoms with Gasteiger partial charge in [0.2, 0.25) is 12.6 Å². The number of halogens is 1. The van der Waals surface area contributed by atoms with Crippen LogP contribution in [0.4, 0.5) is 4.39 Å². The van der Waals surface area contributed by atoms with Crippen LogP contribution in [0.2, 0.25) is 0 Å². The lowest BCUT2D eigenvalue weighted by molar-refractivity contribution is 0.0714. The maximum Gasteiger partial charge on any atom is 0.291 e. The molecule has 0 bridgehead atoms. The number of carbonyl (C=O) groups excluding carboxylic acids is 1. The lowest BCUT2D eigenvalue weighted by Gasteiger charge is -2.26. The van der Waals surface area contributed by atoms with Gasteiger partial charge in [-0.05, 0) is 67.4 Å². The fraction of sp³-hybridized carbons (Fsp3) is 0.241. The first-order valence-electron chi connectivity index (χ1n) is 12.3. The highest BCUT2D eigenvalue weighted by Gasteiger charge is 2.43. The number of amides is 1. The predicted octanol–water partition coefficient (Wildman–Crippen LogP) is 5.20. The van der Waals surface area contributed by atoms with Gasteiger partial charge < -0.3 is 28.3 Å². The standard InChI is InChI=1S/C29H24FNO7/c1-3-34-21-9-6-17(12-24(21)35-4-2)26-25-27(32)19-13-18(30)7-10-20(19)38-28(25)29(33)31(26)14-16-5-8-22-23(11-16)37-15-36-22/h5-13,26H,3-4,14-15H2,1-2H3/t26-/m1/s1. The van der Waals surface area contributed by atoms with Crippen LogP contribution in [0.25, 0.3) is 11.0 Å². The molecule has 0 aliphatic carbocycles. The highest BCUT2D eigenvalue weighted by molar-refractivity contribution is 5.99. The summed E-state index contributed by atoms with van der Waals surface area (Å²) in [4.78, 5) is 29.1. The van der Waals surface area contributed by atoms with Gasteiger partial charge in [-0.3, -0.25) is 9.59 Å². The number of benzene rings is 3. The number of rotatable bonds is 7. The van der Waals surface area contributed by atoms with Gasteiger partial charge in [0.1, 0.15) is 11.4 Å². The molecule has 0 saturated heterocycles. The SMILES string of the molecule is CCOc1ccc([C@@H]2c3c(oc4ccc(F)cc4c3=O)C(=O)N2Cc2ccc3c(c2)OCO3)cc1OCC. The summed E-state index contributed by atoms with van der Waals surface area (Å²) in [6.45, 7) is 4.86. The minimum Gasteiger partial charge on any atom is -0.490 e. The molecule has 6 rings (SSSR count). The largest absolute Gasteiger partial charge is 0.490 e. The van der Waals surface area contributed by atoms with Crippen LogP contribution in [0.5, 0.6) is 23.0 Å². The Morgan fingerprint density at radius 2 is 1.71 bits per heavy atom. The van der Waals surface area contributed by atoms with Crippen molar-refractivity contribution in [1.29, 1.82) is 0 Å². The fourth-order valence-electron chi connectivity index (χ4n) is 4.98. The summed E-state index contributed by atoms with van der Waals surface area (Å²) in [7, 11) is 0. The number of fused-ring (bicyclic) bond motifs is 3. The Bertz CT molecular complexity index is 1630. The van der Waals surface area contributed by atoms with Crippen molar-refractivity contribution in [3.05, 3.63) is 93.1 Å². The molecule has 194 valence electrons. The van der Waals surface area contributed by atoms with E-state index in [-0.39, 0.29) is 35.6 Å². The van der Waals surface area contributed by atoms with Crippen LogP contribution >= 0.6 is 0 Å². The van der Waals surface area contributed by atoms with Crippen LogP contribution in [-0.2, 0) is 6.54 Å². The van der Waals surface area contributed by atoms with E-state index in [4.69, 9.17) is 23.4 Å². The summed E-state index contributed by atoms with van der Waals surface area (Å²) < 4.78 is 42.4. The molecular formula is C29H24FNO7. The van der Waals surface area contributed by atoms with E-state index in [0.717, 1.165) is 11.6 Å². The quantitative estimate of drug-likeness (QED) is 0.333. The monoisotopic (exact) mass is 517 g/mol. The molecule has 2 aliphatic heterocycles. The molecule has 2 aliphatic rings. The van der Waals surface area contributed by atoms with E-state index in [9.17, 15) is 14.0 Å². The Hall–Kier alpha value is -4.53. The fourth-order valence-corrected chi connectivity index (χ4v) is 4.98. The smallest absolute Gasteiger partial charge is 0.291 e. The topological polar surface area (TPSA) is 87.4 Å². The van der Waals surface area contributed by atoms with Crippen LogP contribution in [-0.4, -0.2) is 30.8 Å². The number of carbonyl (C=O) groups is 1. The van der Waals surface area contributed by atoms with Crippen molar-refractivity contribution in [3.63, 3.8) is 0 Å². The van der Waals surface area contributed by atoms with Gasteiger partial charge in [-0.1, -0.05) is 12.1 Å². The maximum atomic E-state index is 14.1. The molecule has 38 heavy (non-hydrogen) atoms. The third-order valence-corrected chi connectivity index (χ3v) is 6.60. The molecule has 8 nitrogen and oxygen atoms in total. The van der Waals surface area contributed by atoms with Crippen molar-refractivity contribution in [2.75, 3.05) is 20.0 Å². The Balaban J connectivity index is 1.52. The van der Waals surface area contributed by atoms with Gasteiger partial charge in [-0.15, -0.1) is 0 Å². The normalized spacial score (nSPS) is 15.7. The number of ether oxygens (including phenoxy) is 4. The van der Waals surface area contributed by atoms with Gasteiger partial charge >= 0.3 is 0 Å². The van der Waals surface area contributed by atoms with Gasteiger partial charge in [0, 0.05) is 6.54 Å². The summed E-state index contributed by atoms with van der Waals surface area (Å²) in [5.74, 6) is 1.18. The van der Waals surface area contributed by atoms with Crippen LogP contribution in [0.1, 0.15) is 47.1 Å². The molecule has 3 aromatic carbocycles. The van der Waals surface area contributed by atoms with E-state index in [1.165, 1.54) is 12.1 Å². The van der Waals surface area contributed by atoms with E-state index in [0.29, 0.717) is 41.8 Å². The van der Waals surface area contributed by atoms with Gasteiger partial charge in [-0.25, -0.2) is 4.39 Å². The Labute approximate surface area is 217 Å². The second-order valence-electron chi connectivity index (χ2n) is 8.91. The zero-order valence-electron chi connectivity index (χ0n) is 20.8. The zero-order valence-corrected chi connectivity index (χ0v) is 20.8. The van der Waals surface area contributed by atoms with Crippen LogP contribution < -0.4 is 24.4 Å². The molecule has 9 heteroatoms. The summed E-state index contributed by atoms with van der Waals surface area (Å²) >= 11 is 0. The Kier molecular flexibility index (Phi) is 5.90. The molecule has 3 heterocycles. The van der Waals surface area contributed by atoms with E-state index in [1.54, 1.807) is 35.2 Å². The van der Waals surface area contributed by atoms with Crippen molar-refractivity contribution in [2.24, 2.45) is 0 Å². The van der Waals surface area contributed by atoms with Gasteiger partial charge in [-0.2, -0.15) is 0 Å². The molecular weight excluding hydrogens is 493 g/mol. The molecule has 0 radical (unpaired) electrons. The van der Waals surface area contributed by atoms with Gasteiger partial charge in [0.05, 0.1) is 30.2 Å². The number of hydrogen-bond donors (Lipinski definition) is 0. The molecule has 4 aromatic rings. The maximum absolute atomic E-state index is 14.1. The lowest BCUT2D eigenvalue weighted by Crippen LogP contribution is -2.29. The minimum absolute atomic E-state index is 0.0632. The minimum atomic E-state index is -0.804. The second kappa shape index (κ2) is 9.41. The summed E-state index contributed by atoms with van der Waals surface area (Å²) in [5, 5.41) is 0.0717. The summed E-state index contributed by atoms with van der Waals surface area (Å²) in [6.07, 6.45) is 0. The Morgan fingerprint density at radius 1 is 0.921 bits per heavy atom. The molecule has 0 N–H and O–H groups in total. The first kappa shape index (κ1) is 23.8. The number of nitrogens with zero attached hydrogens (tertiary/aromatic N) is 1. The van der Waals surface area contributed by atoms with E-state index in [1.807, 2.05) is 19.9 Å². The third kappa shape index (κ3) is 3.91. The first-order chi connectivity index (χ1) is 18.5. The molecule has 0 fully saturated rings. The second-order valence-corrected chi connectivity index (χ2v) is 8.91. The first-order valence-corrected chi connectivity index (χ1v) is 12.3. The summed E-state index contributed by atoms with van der Waals surface area (Å²) in [5.41, 5.74) is 1.25. The molecule has 1 aromatic heterocycles. The Morgan fingerprint density at radius 3 is 2.53 bits per heavy atom. The third-order valence-electron chi connectivity index (χ3n) is 6.60. The average molecular weight is 518 g/mol. The highest BCUT2D eigenvalue weighted by atomic mass is 19.1. The number of hydrogen-bond acceptors (Lipinski definition) is 7. The molecule has 1 atom stereocenters. The summed E-state index contributed by atoms with van der Waals surface area (Å²) in [6, 6.07) is 13.6. The van der Waals surface area contributed by atoms with Crippen LogP contribution in [0.15, 0.2) is 63.8 Å². The van der Waals surface area contributed by atoms with E-state index in [2.05, 4.69) is 0 Å². The van der Waals surface area contributed by atoms with Crippen molar-refractivity contribution >= 4 is 16.9 Å². The highest BCUT2D eigenvalue weighted by Crippen LogP contribution is 2.42. The predicted molar refractivity (Wildman–Crippen MR) is 136 cm³/mol. The lowest BCUT2D eigenvalue weighted by atomic mass is 9.97. The van der Waals surface area contributed by atoms with Gasteiger partial charge in [0.15, 0.2) is 28.4 Å². The van der Waals surface area contributed by atoms with E-state index >= 15 is 0 Å². The van der Waals surface area contributed by atoms with Gasteiger partial charge in [0.25, 0.3) is 5.91 Å². The average Bonchev–Trinajstić information content (AvgIpc) is 3.49. The molecule has 0 saturated carbocycles. The van der Waals surface area contributed by atoms with Crippen molar-refractivity contribution in [2.45, 2.75) is 26.4 Å². The zero-order chi connectivity index (χ0) is 26.4. The van der Waals surface area contributed by atoms with Crippen molar-refractivity contribution < 1.29 is 32.5 Å².